The van der Waals surface area contributed by atoms with Gasteiger partial charge in [-0.15, -0.1) is 0 Å². The monoisotopic (exact) mass is 619 g/mol. The molecule has 0 fully saturated rings. The molecule has 0 aromatic carbocycles. The molecule has 3 unspecified atom stereocenters. The molecule has 0 aliphatic rings. The number of carbonyl (C=O) groups is 1. The van der Waals surface area contributed by atoms with Crippen LogP contribution in [0.5, 0.6) is 0 Å². The first-order valence-corrected chi connectivity index (χ1v) is 18.5. The van der Waals surface area contributed by atoms with Crippen LogP contribution in [-0.2, 0) is 18.4 Å². The molecule has 0 heterocycles. The molecule has 3 atom stereocenters. The quantitative estimate of drug-likeness (QED) is 0.0325. The van der Waals surface area contributed by atoms with Gasteiger partial charge in [-0.25, -0.2) is 4.57 Å². The number of carbonyl (C=O) groups excluding carboxylic acids is 1. The van der Waals surface area contributed by atoms with Crippen molar-refractivity contribution in [2.75, 3.05) is 40.9 Å². The van der Waals surface area contributed by atoms with E-state index in [1.165, 1.54) is 51.4 Å². The molecule has 9 heteroatoms. The number of hydrogen-bond acceptors (Lipinski definition) is 5. The Kier molecular flexibility index (Phi) is 26.1. The van der Waals surface area contributed by atoms with E-state index in [-0.39, 0.29) is 19.1 Å². The van der Waals surface area contributed by atoms with E-state index in [1.807, 2.05) is 21.1 Å². The number of nitrogens with one attached hydrogen (secondary N) is 1. The van der Waals surface area contributed by atoms with Crippen molar-refractivity contribution in [1.29, 1.82) is 0 Å². The zero-order valence-corrected chi connectivity index (χ0v) is 28.9. The Balaban J connectivity index is 4.35. The summed E-state index contributed by atoms with van der Waals surface area (Å²) in [7, 11) is 1.60. The summed E-state index contributed by atoms with van der Waals surface area (Å²) in [6.45, 7) is 4.76. The van der Waals surface area contributed by atoms with Gasteiger partial charge < -0.3 is 19.8 Å². The van der Waals surface area contributed by atoms with Crippen LogP contribution in [0.3, 0.4) is 0 Å². The second kappa shape index (κ2) is 26.6. The second-order valence-corrected chi connectivity index (χ2v) is 14.3. The third-order valence-corrected chi connectivity index (χ3v) is 8.50. The largest absolute Gasteiger partial charge is 0.472 e. The van der Waals surface area contributed by atoms with Crippen molar-refractivity contribution in [3.05, 3.63) is 12.2 Å². The Morgan fingerprint density at radius 2 is 1.29 bits per heavy atom. The third kappa shape index (κ3) is 28.0. The number of aliphatic hydroxyl groups is 1. The lowest BCUT2D eigenvalue weighted by atomic mass is 10.0. The van der Waals surface area contributed by atoms with E-state index >= 15 is 0 Å². The summed E-state index contributed by atoms with van der Waals surface area (Å²) in [6, 6.07) is -0.755. The van der Waals surface area contributed by atoms with Crippen molar-refractivity contribution in [1.82, 2.24) is 5.32 Å². The molecule has 0 aliphatic heterocycles. The van der Waals surface area contributed by atoms with Gasteiger partial charge in [0.15, 0.2) is 0 Å². The van der Waals surface area contributed by atoms with Crippen LogP contribution in [0.4, 0.5) is 0 Å². The number of aliphatic hydroxyl groups excluding tert-OH is 1. The van der Waals surface area contributed by atoms with E-state index in [9.17, 15) is 19.4 Å². The van der Waals surface area contributed by atoms with Crippen LogP contribution in [0.25, 0.3) is 0 Å². The van der Waals surface area contributed by atoms with Crippen molar-refractivity contribution >= 4 is 13.7 Å². The van der Waals surface area contributed by atoms with Crippen molar-refractivity contribution in [3.63, 3.8) is 0 Å². The highest BCUT2D eigenvalue weighted by Gasteiger charge is 2.28. The molecule has 0 aliphatic carbocycles. The Labute approximate surface area is 259 Å². The summed E-state index contributed by atoms with van der Waals surface area (Å²) in [5.41, 5.74) is 0. The third-order valence-electron chi connectivity index (χ3n) is 7.51. The van der Waals surface area contributed by atoms with E-state index in [0.29, 0.717) is 23.9 Å². The van der Waals surface area contributed by atoms with Crippen molar-refractivity contribution in [2.24, 2.45) is 0 Å². The Morgan fingerprint density at radius 3 is 1.83 bits per heavy atom. The number of unbranched alkanes of at least 4 members (excludes halogenated alkanes) is 15. The maximum Gasteiger partial charge on any atom is 0.472 e. The first-order valence-electron chi connectivity index (χ1n) is 17.1. The number of quaternary nitrogens is 1. The number of likely N-dealkylation sites (N-methyl/N-ethyl adjacent to an activating group) is 1. The molecule has 0 saturated heterocycles. The minimum absolute atomic E-state index is 0.0732. The van der Waals surface area contributed by atoms with E-state index in [2.05, 4.69) is 31.3 Å². The molecule has 0 bridgehead atoms. The first-order chi connectivity index (χ1) is 20.0. The van der Waals surface area contributed by atoms with Gasteiger partial charge >= 0.3 is 7.82 Å². The smallest absolute Gasteiger partial charge is 0.391 e. The number of phosphoric ester groups is 1. The normalized spacial score (nSPS) is 15.1. The van der Waals surface area contributed by atoms with Gasteiger partial charge in [-0.1, -0.05) is 109 Å². The van der Waals surface area contributed by atoms with Crippen LogP contribution in [0.1, 0.15) is 142 Å². The van der Waals surface area contributed by atoms with Gasteiger partial charge in [-0.05, 0) is 38.5 Å². The zero-order valence-electron chi connectivity index (χ0n) is 28.0. The molecule has 250 valence electrons. The summed E-state index contributed by atoms with van der Waals surface area (Å²) < 4.78 is 23.3. The molecular formula is C33H68N2O6P+. The fourth-order valence-electron chi connectivity index (χ4n) is 4.68. The average Bonchev–Trinajstić information content (AvgIpc) is 2.92. The van der Waals surface area contributed by atoms with Gasteiger partial charge in [0.25, 0.3) is 0 Å². The van der Waals surface area contributed by atoms with Gasteiger partial charge in [0.05, 0.1) is 39.9 Å². The average molecular weight is 620 g/mol. The molecule has 0 spiro atoms. The van der Waals surface area contributed by atoms with Crippen LogP contribution >= 0.6 is 7.82 Å². The summed E-state index contributed by atoms with van der Waals surface area (Å²) in [5, 5.41) is 13.6. The number of rotatable bonds is 30. The van der Waals surface area contributed by atoms with Crippen LogP contribution < -0.4 is 5.32 Å². The van der Waals surface area contributed by atoms with E-state index in [4.69, 9.17) is 9.05 Å². The number of amides is 1. The van der Waals surface area contributed by atoms with Crippen molar-refractivity contribution < 1.29 is 32.9 Å². The minimum atomic E-state index is -4.29. The van der Waals surface area contributed by atoms with Crippen LogP contribution in [-0.4, -0.2) is 73.4 Å². The SMILES string of the molecule is CCCCCCCC/C=C\CCCCCCCC(=O)NC(COP(=O)(O)OCC[N+](C)(C)C)C(O)CCCCCCC. The standard InChI is InChI=1S/C33H67N2O6P/c1-6-8-10-12-13-14-15-16-17-18-19-20-21-23-25-27-33(37)34-31(32(36)26-24-22-11-9-7-2)30-41-42(38,39)40-29-28-35(3,4)5/h16-17,31-32,36H,6-15,18-30H2,1-5H3,(H-,34,37,38,39)/p+1/b17-16-. The fraction of sp³-hybridized carbons (Fsp3) is 0.909. The topological polar surface area (TPSA) is 105 Å². The predicted octanol–water partition coefficient (Wildman–Crippen LogP) is 8.07. The van der Waals surface area contributed by atoms with E-state index in [0.717, 1.165) is 64.2 Å². The summed E-state index contributed by atoms with van der Waals surface area (Å²) in [5.74, 6) is -0.162. The maximum absolute atomic E-state index is 12.7. The number of phosphoric acid groups is 1. The van der Waals surface area contributed by atoms with Crippen LogP contribution in [0.15, 0.2) is 12.2 Å². The predicted molar refractivity (Wildman–Crippen MR) is 175 cm³/mol. The molecule has 8 nitrogen and oxygen atoms in total. The molecule has 0 radical (unpaired) electrons. The van der Waals surface area contributed by atoms with Crippen molar-refractivity contribution in [2.45, 2.75) is 154 Å². The first kappa shape index (κ1) is 41.2. The number of nitrogens with zero attached hydrogens (tertiary/aromatic N) is 1. The summed E-state index contributed by atoms with van der Waals surface area (Å²) >= 11 is 0. The highest BCUT2D eigenvalue weighted by Crippen LogP contribution is 2.43. The Bertz CT molecular complexity index is 713. The lowest BCUT2D eigenvalue weighted by Crippen LogP contribution is -2.46. The van der Waals surface area contributed by atoms with E-state index in [1.54, 1.807) is 0 Å². The molecule has 0 aromatic heterocycles. The number of allylic oxidation sites excluding steroid dienone is 2. The molecule has 0 aromatic rings. The zero-order chi connectivity index (χ0) is 31.5. The van der Waals surface area contributed by atoms with Gasteiger partial charge in [-0.2, -0.15) is 0 Å². The van der Waals surface area contributed by atoms with Gasteiger partial charge in [0.2, 0.25) is 5.91 Å². The molecule has 0 saturated carbocycles. The van der Waals surface area contributed by atoms with Crippen LogP contribution in [0.2, 0.25) is 0 Å². The lowest BCUT2D eigenvalue weighted by molar-refractivity contribution is -0.870. The summed E-state index contributed by atoms with van der Waals surface area (Å²) in [6.07, 6.45) is 25.5. The van der Waals surface area contributed by atoms with Crippen molar-refractivity contribution in [3.8, 4) is 0 Å². The molecule has 42 heavy (non-hydrogen) atoms. The summed E-state index contributed by atoms with van der Waals surface area (Å²) in [4.78, 5) is 22.8. The highest BCUT2D eigenvalue weighted by atomic mass is 31.2. The fourth-order valence-corrected chi connectivity index (χ4v) is 5.42. The maximum atomic E-state index is 12.7. The Hall–Kier alpha value is -0.760. The van der Waals surface area contributed by atoms with Crippen LogP contribution in [0, 0.1) is 0 Å². The lowest BCUT2D eigenvalue weighted by Gasteiger charge is -2.26. The van der Waals surface area contributed by atoms with E-state index < -0.39 is 20.0 Å². The number of hydrogen-bond donors (Lipinski definition) is 3. The molecule has 1 amide bonds. The second-order valence-electron chi connectivity index (χ2n) is 12.9. The van der Waals surface area contributed by atoms with Gasteiger partial charge in [-0.3, -0.25) is 13.8 Å². The van der Waals surface area contributed by atoms with Gasteiger partial charge in [0, 0.05) is 6.42 Å². The molecule has 3 N–H and O–H groups in total. The van der Waals surface area contributed by atoms with Gasteiger partial charge in [0.1, 0.15) is 13.2 Å². The molecule has 0 rings (SSSR count). The highest BCUT2D eigenvalue weighted by molar-refractivity contribution is 7.47. The Morgan fingerprint density at radius 1 is 0.786 bits per heavy atom. The molecular weight excluding hydrogens is 551 g/mol. The minimum Gasteiger partial charge on any atom is -0.391 e.